The van der Waals surface area contributed by atoms with Gasteiger partial charge in [-0.05, 0) is 36.6 Å². The second-order valence-corrected chi connectivity index (χ2v) is 4.75. The van der Waals surface area contributed by atoms with Gasteiger partial charge >= 0.3 is 5.97 Å². The molecule has 16 heavy (non-hydrogen) atoms. The first-order chi connectivity index (χ1) is 7.75. The van der Waals surface area contributed by atoms with E-state index in [2.05, 4.69) is 5.32 Å². The van der Waals surface area contributed by atoms with Crippen LogP contribution in [0.5, 0.6) is 0 Å². The van der Waals surface area contributed by atoms with Gasteiger partial charge in [-0.2, -0.15) is 0 Å². The zero-order valence-electron chi connectivity index (χ0n) is 9.07. The number of carboxylic acids is 1. The second-order valence-electron chi connectivity index (χ2n) is 4.75. The standard InChI is InChI=1S/C13H15NO2/c15-13(16)8-5-6-12-10(7-8)9-3-1-2-4-11(9)14-12/h5-7,9,11,14H,1-4H2,(H,15,16). The van der Waals surface area contributed by atoms with Crippen molar-refractivity contribution in [2.24, 2.45) is 0 Å². The lowest BCUT2D eigenvalue weighted by atomic mass is 9.82. The lowest BCUT2D eigenvalue weighted by Gasteiger charge is -2.25. The molecule has 2 atom stereocenters. The summed E-state index contributed by atoms with van der Waals surface area (Å²) in [6, 6.07) is 5.98. The average Bonchev–Trinajstić information content (AvgIpc) is 2.66. The molecule has 0 radical (unpaired) electrons. The average molecular weight is 217 g/mol. The molecule has 1 aliphatic heterocycles. The maximum absolute atomic E-state index is 10.9. The van der Waals surface area contributed by atoms with Crippen molar-refractivity contribution in [3.05, 3.63) is 29.3 Å². The molecule has 3 heteroatoms. The first-order valence-electron chi connectivity index (χ1n) is 5.89. The van der Waals surface area contributed by atoms with Gasteiger partial charge in [0.05, 0.1) is 5.56 Å². The highest BCUT2D eigenvalue weighted by atomic mass is 16.4. The third-order valence-corrected chi connectivity index (χ3v) is 3.80. The summed E-state index contributed by atoms with van der Waals surface area (Å²) < 4.78 is 0. The Labute approximate surface area is 94.5 Å². The molecule has 2 aliphatic rings. The van der Waals surface area contributed by atoms with Crippen molar-refractivity contribution in [3.63, 3.8) is 0 Å². The van der Waals surface area contributed by atoms with Gasteiger partial charge in [0, 0.05) is 17.6 Å². The molecule has 1 aromatic rings. The molecule has 3 nitrogen and oxygen atoms in total. The number of benzene rings is 1. The molecule has 0 saturated heterocycles. The van der Waals surface area contributed by atoms with E-state index in [1.807, 2.05) is 12.1 Å². The monoisotopic (exact) mass is 217 g/mol. The maximum atomic E-state index is 10.9. The summed E-state index contributed by atoms with van der Waals surface area (Å²) in [6.07, 6.45) is 4.95. The Hall–Kier alpha value is -1.51. The molecule has 3 rings (SSSR count). The van der Waals surface area contributed by atoms with E-state index in [4.69, 9.17) is 5.11 Å². The predicted molar refractivity (Wildman–Crippen MR) is 62.0 cm³/mol. The van der Waals surface area contributed by atoms with E-state index in [1.165, 1.54) is 31.2 Å². The fraction of sp³-hybridized carbons (Fsp3) is 0.462. The fourth-order valence-electron chi connectivity index (χ4n) is 3.01. The Balaban J connectivity index is 2.00. The Morgan fingerprint density at radius 2 is 2.12 bits per heavy atom. The predicted octanol–water partition coefficient (Wildman–Crippen LogP) is 2.84. The molecule has 1 saturated carbocycles. The molecule has 0 spiro atoms. The largest absolute Gasteiger partial charge is 0.478 e. The third-order valence-electron chi connectivity index (χ3n) is 3.80. The minimum atomic E-state index is -0.831. The molecule has 1 aromatic carbocycles. The van der Waals surface area contributed by atoms with Crippen LogP contribution in [-0.4, -0.2) is 17.1 Å². The number of rotatable bonds is 1. The van der Waals surface area contributed by atoms with Crippen molar-refractivity contribution in [2.75, 3.05) is 5.32 Å². The van der Waals surface area contributed by atoms with Crippen LogP contribution in [0.3, 0.4) is 0 Å². The number of hydrogen-bond donors (Lipinski definition) is 2. The zero-order chi connectivity index (χ0) is 11.1. The Kier molecular flexibility index (Phi) is 2.13. The summed E-state index contributed by atoms with van der Waals surface area (Å²) in [5, 5.41) is 12.5. The smallest absolute Gasteiger partial charge is 0.335 e. The van der Waals surface area contributed by atoms with E-state index in [9.17, 15) is 4.79 Å². The number of aromatic carboxylic acids is 1. The van der Waals surface area contributed by atoms with Crippen molar-refractivity contribution >= 4 is 11.7 Å². The van der Waals surface area contributed by atoms with Gasteiger partial charge in [0.1, 0.15) is 0 Å². The van der Waals surface area contributed by atoms with Gasteiger partial charge in [-0.25, -0.2) is 4.79 Å². The number of nitrogens with one attached hydrogen (secondary N) is 1. The topological polar surface area (TPSA) is 49.3 Å². The van der Waals surface area contributed by atoms with Crippen LogP contribution in [0.25, 0.3) is 0 Å². The summed E-state index contributed by atoms with van der Waals surface area (Å²) in [5.41, 5.74) is 2.76. The van der Waals surface area contributed by atoms with Crippen molar-refractivity contribution in [1.29, 1.82) is 0 Å². The molecule has 1 heterocycles. The van der Waals surface area contributed by atoms with Gasteiger partial charge in [-0.1, -0.05) is 12.8 Å². The maximum Gasteiger partial charge on any atom is 0.335 e. The van der Waals surface area contributed by atoms with Crippen LogP contribution in [0.4, 0.5) is 5.69 Å². The fourth-order valence-corrected chi connectivity index (χ4v) is 3.01. The van der Waals surface area contributed by atoms with Crippen LogP contribution in [0.1, 0.15) is 47.5 Å². The van der Waals surface area contributed by atoms with Gasteiger partial charge in [0.15, 0.2) is 0 Å². The first kappa shape index (κ1) is 9.70. The second kappa shape index (κ2) is 3.51. The summed E-state index contributed by atoms with van der Waals surface area (Å²) in [5.74, 6) is -0.301. The van der Waals surface area contributed by atoms with Crippen LogP contribution in [0.2, 0.25) is 0 Å². The quantitative estimate of drug-likeness (QED) is 0.760. The van der Waals surface area contributed by atoms with Gasteiger partial charge in [-0.3, -0.25) is 0 Å². The van der Waals surface area contributed by atoms with Crippen molar-refractivity contribution in [3.8, 4) is 0 Å². The molecule has 2 unspecified atom stereocenters. The number of carbonyl (C=O) groups is 1. The van der Waals surface area contributed by atoms with Crippen LogP contribution < -0.4 is 5.32 Å². The normalized spacial score (nSPS) is 26.8. The van der Waals surface area contributed by atoms with Crippen molar-refractivity contribution in [2.45, 2.75) is 37.6 Å². The SMILES string of the molecule is O=C(O)c1ccc2c(c1)C1CCCCC1N2. The Morgan fingerprint density at radius 3 is 2.94 bits per heavy atom. The van der Waals surface area contributed by atoms with E-state index in [1.54, 1.807) is 6.07 Å². The molecular weight excluding hydrogens is 202 g/mol. The number of carboxylic acid groups (broad SMARTS) is 1. The zero-order valence-corrected chi connectivity index (χ0v) is 9.07. The van der Waals surface area contributed by atoms with Crippen LogP contribution >= 0.6 is 0 Å². The van der Waals surface area contributed by atoms with Crippen LogP contribution in [-0.2, 0) is 0 Å². The summed E-state index contributed by atoms with van der Waals surface area (Å²) in [6.45, 7) is 0. The number of anilines is 1. The van der Waals surface area contributed by atoms with E-state index < -0.39 is 5.97 Å². The summed E-state index contributed by atoms with van der Waals surface area (Å²) in [7, 11) is 0. The van der Waals surface area contributed by atoms with Gasteiger partial charge in [0.2, 0.25) is 0 Å². The Bertz CT molecular complexity index is 442. The molecule has 0 bridgehead atoms. The molecule has 0 aromatic heterocycles. The number of hydrogen-bond acceptors (Lipinski definition) is 2. The molecule has 1 fully saturated rings. The Morgan fingerprint density at radius 1 is 1.31 bits per heavy atom. The lowest BCUT2D eigenvalue weighted by Crippen LogP contribution is -2.23. The molecule has 2 N–H and O–H groups in total. The minimum absolute atomic E-state index is 0.409. The molecule has 0 amide bonds. The minimum Gasteiger partial charge on any atom is -0.478 e. The highest BCUT2D eigenvalue weighted by Crippen LogP contribution is 2.43. The van der Waals surface area contributed by atoms with E-state index in [-0.39, 0.29) is 0 Å². The molecular formula is C13H15NO2. The first-order valence-corrected chi connectivity index (χ1v) is 5.89. The van der Waals surface area contributed by atoms with Gasteiger partial charge in [-0.15, -0.1) is 0 Å². The lowest BCUT2D eigenvalue weighted by molar-refractivity contribution is 0.0697. The van der Waals surface area contributed by atoms with Crippen molar-refractivity contribution in [1.82, 2.24) is 0 Å². The van der Waals surface area contributed by atoms with Crippen molar-refractivity contribution < 1.29 is 9.90 Å². The van der Waals surface area contributed by atoms with E-state index in [0.29, 0.717) is 17.5 Å². The van der Waals surface area contributed by atoms with Gasteiger partial charge < -0.3 is 10.4 Å². The van der Waals surface area contributed by atoms with E-state index >= 15 is 0 Å². The summed E-state index contributed by atoms with van der Waals surface area (Å²) in [4.78, 5) is 10.9. The molecule has 1 aliphatic carbocycles. The van der Waals surface area contributed by atoms with Crippen LogP contribution in [0, 0.1) is 0 Å². The third kappa shape index (κ3) is 1.39. The summed E-state index contributed by atoms with van der Waals surface area (Å²) >= 11 is 0. The van der Waals surface area contributed by atoms with Gasteiger partial charge in [0.25, 0.3) is 0 Å². The van der Waals surface area contributed by atoms with Crippen LogP contribution in [0.15, 0.2) is 18.2 Å². The highest BCUT2D eigenvalue weighted by Gasteiger charge is 2.34. The number of fused-ring (bicyclic) bond motifs is 3. The van der Waals surface area contributed by atoms with E-state index in [0.717, 1.165) is 5.69 Å². The molecule has 84 valence electrons. The highest BCUT2D eigenvalue weighted by molar-refractivity contribution is 5.89.